The van der Waals surface area contributed by atoms with E-state index in [1.807, 2.05) is 6.92 Å². The van der Waals surface area contributed by atoms with Crippen molar-refractivity contribution in [2.24, 2.45) is 0 Å². The highest BCUT2D eigenvalue weighted by atomic mass is 16.5. The van der Waals surface area contributed by atoms with E-state index in [0.717, 1.165) is 6.42 Å². The van der Waals surface area contributed by atoms with Crippen LogP contribution in [0.3, 0.4) is 0 Å². The second-order valence-corrected chi connectivity index (χ2v) is 5.72. The summed E-state index contributed by atoms with van der Waals surface area (Å²) in [5.41, 5.74) is 1.22. The summed E-state index contributed by atoms with van der Waals surface area (Å²) >= 11 is 0. The Hall–Kier alpha value is -1.92. The third kappa shape index (κ3) is 5.33. The first-order valence-electron chi connectivity index (χ1n) is 8.10. The van der Waals surface area contributed by atoms with Gasteiger partial charge in [0, 0.05) is 30.4 Å². The van der Waals surface area contributed by atoms with Gasteiger partial charge in [0.25, 0.3) is 5.91 Å². The van der Waals surface area contributed by atoms with Crippen molar-refractivity contribution in [3.63, 3.8) is 0 Å². The van der Waals surface area contributed by atoms with Gasteiger partial charge in [-0.15, -0.1) is 0 Å². The van der Waals surface area contributed by atoms with Gasteiger partial charge in [-0.1, -0.05) is 13.0 Å². The topological polar surface area (TPSA) is 70.7 Å². The van der Waals surface area contributed by atoms with Crippen molar-refractivity contribution in [1.82, 2.24) is 10.2 Å². The van der Waals surface area contributed by atoms with Crippen LogP contribution in [0.15, 0.2) is 24.3 Å². The number of hydrogen-bond donors (Lipinski definition) is 2. The second-order valence-electron chi connectivity index (χ2n) is 5.72. The van der Waals surface area contributed by atoms with Gasteiger partial charge in [-0.25, -0.2) is 0 Å². The smallest absolute Gasteiger partial charge is 0.254 e. The van der Waals surface area contributed by atoms with Crippen LogP contribution in [0.25, 0.3) is 0 Å². The number of amides is 2. The van der Waals surface area contributed by atoms with E-state index >= 15 is 0 Å². The molecule has 2 amide bonds. The Morgan fingerprint density at radius 2 is 2.04 bits per heavy atom. The molecular formula is C17H25N3O3. The van der Waals surface area contributed by atoms with E-state index in [9.17, 15) is 9.59 Å². The van der Waals surface area contributed by atoms with E-state index in [0.29, 0.717) is 43.6 Å². The van der Waals surface area contributed by atoms with Gasteiger partial charge in [-0.2, -0.15) is 0 Å². The molecule has 2 rings (SSSR count). The molecule has 1 aromatic carbocycles. The summed E-state index contributed by atoms with van der Waals surface area (Å²) in [5.74, 6) is -0.136. The Bertz CT molecular complexity index is 542. The number of rotatable bonds is 6. The Morgan fingerprint density at radius 1 is 1.30 bits per heavy atom. The zero-order chi connectivity index (χ0) is 16.7. The minimum atomic E-state index is -0.110. The predicted molar refractivity (Wildman–Crippen MR) is 89.5 cm³/mol. The lowest BCUT2D eigenvalue weighted by atomic mass is 10.1. The first-order chi connectivity index (χ1) is 11.1. The molecule has 2 N–H and O–H groups in total. The zero-order valence-electron chi connectivity index (χ0n) is 13.8. The summed E-state index contributed by atoms with van der Waals surface area (Å²) in [6.07, 6.45) is 0.969. The summed E-state index contributed by atoms with van der Waals surface area (Å²) < 4.78 is 5.26. The van der Waals surface area contributed by atoms with Gasteiger partial charge in [0.15, 0.2) is 0 Å². The molecule has 0 spiro atoms. The van der Waals surface area contributed by atoms with Gasteiger partial charge in [0.1, 0.15) is 0 Å². The molecular weight excluding hydrogens is 294 g/mol. The number of hydrogen-bond acceptors (Lipinski definition) is 4. The molecule has 1 saturated heterocycles. The third-order valence-electron chi connectivity index (χ3n) is 3.92. The monoisotopic (exact) mass is 319 g/mol. The summed E-state index contributed by atoms with van der Waals surface area (Å²) in [6.45, 7) is 6.72. The molecule has 6 nitrogen and oxygen atoms in total. The molecule has 0 aromatic heterocycles. The molecule has 1 aliphatic heterocycles. The van der Waals surface area contributed by atoms with Gasteiger partial charge in [-0.05, 0) is 31.5 Å². The molecule has 1 aromatic rings. The summed E-state index contributed by atoms with van der Waals surface area (Å²) in [6, 6.07) is 7.36. The molecule has 0 saturated carbocycles. The van der Waals surface area contributed by atoms with E-state index in [1.54, 1.807) is 29.2 Å². The first-order valence-corrected chi connectivity index (χ1v) is 8.10. The molecule has 23 heavy (non-hydrogen) atoms. The standard InChI is InChI=1S/C17H25N3O3/c1-3-13(2)18-12-16(21)19-15-6-4-5-14(11-15)17(22)20-7-9-23-10-8-20/h4-6,11,13,18H,3,7-10,12H2,1-2H3,(H,19,21). The Balaban J connectivity index is 1.93. The SMILES string of the molecule is CCC(C)NCC(=O)Nc1cccc(C(=O)N2CCOCC2)c1. The molecule has 0 radical (unpaired) electrons. The van der Waals surface area contributed by atoms with Crippen molar-refractivity contribution in [2.45, 2.75) is 26.3 Å². The van der Waals surface area contributed by atoms with E-state index in [1.165, 1.54) is 0 Å². The minimum absolute atomic E-state index is 0.0258. The fraction of sp³-hybridized carbons (Fsp3) is 0.529. The largest absolute Gasteiger partial charge is 0.378 e. The van der Waals surface area contributed by atoms with Crippen molar-refractivity contribution in [3.8, 4) is 0 Å². The fourth-order valence-electron chi connectivity index (χ4n) is 2.30. The highest BCUT2D eigenvalue weighted by Gasteiger charge is 2.18. The van der Waals surface area contributed by atoms with Crippen LogP contribution in [0, 0.1) is 0 Å². The van der Waals surface area contributed by atoms with Gasteiger partial charge in [0.2, 0.25) is 5.91 Å². The van der Waals surface area contributed by atoms with Gasteiger partial charge < -0.3 is 20.3 Å². The number of ether oxygens (including phenoxy) is 1. The van der Waals surface area contributed by atoms with Gasteiger partial charge in [0.05, 0.1) is 19.8 Å². The summed E-state index contributed by atoms with van der Waals surface area (Å²) in [5, 5.41) is 5.96. The minimum Gasteiger partial charge on any atom is -0.378 e. The lowest BCUT2D eigenvalue weighted by Gasteiger charge is -2.27. The average molecular weight is 319 g/mol. The number of carbonyl (C=O) groups excluding carboxylic acids is 2. The Kier molecular flexibility index (Phi) is 6.55. The van der Waals surface area contributed by atoms with Crippen LogP contribution >= 0.6 is 0 Å². The quantitative estimate of drug-likeness (QED) is 0.833. The van der Waals surface area contributed by atoms with Crippen molar-refractivity contribution in [1.29, 1.82) is 0 Å². The van der Waals surface area contributed by atoms with Gasteiger partial charge >= 0.3 is 0 Å². The lowest BCUT2D eigenvalue weighted by molar-refractivity contribution is -0.115. The molecule has 1 fully saturated rings. The van der Waals surface area contributed by atoms with Crippen molar-refractivity contribution >= 4 is 17.5 Å². The van der Waals surface area contributed by atoms with Crippen LogP contribution < -0.4 is 10.6 Å². The molecule has 1 aliphatic rings. The third-order valence-corrected chi connectivity index (χ3v) is 3.92. The van der Waals surface area contributed by atoms with Crippen LogP contribution in [0.4, 0.5) is 5.69 Å². The molecule has 1 unspecified atom stereocenters. The lowest BCUT2D eigenvalue weighted by Crippen LogP contribution is -2.40. The molecule has 0 aliphatic carbocycles. The van der Waals surface area contributed by atoms with Crippen LogP contribution in [-0.4, -0.2) is 55.6 Å². The molecule has 1 atom stereocenters. The maximum absolute atomic E-state index is 12.4. The zero-order valence-corrected chi connectivity index (χ0v) is 13.8. The first kappa shape index (κ1) is 17.4. The van der Waals surface area contributed by atoms with Crippen LogP contribution in [-0.2, 0) is 9.53 Å². The van der Waals surface area contributed by atoms with Crippen molar-refractivity contribution in [3.05, 3.63) is 29.8 Å². The maximum Gasteiger partial charge on any atom is 0.254 e. The van der Waals surface area contributed by atoms with Crippen molar-refractivity contribution in [2.75, 3.05) is 38.2 Å². The number of anilines is 1. The summed E-state index contributed by atoms with van der Waals surface area (Å²) in [7, 11) is 0. The van der Waals surface area contributed by atoms with E-state index in [4.69, 9.17) is 4.74 Å². The second kappa shape index (κ2) is 8.64. The Labute approximate surface area is 137 Å². The number of benzene rings is 1. The highest BCUT2D eigenvalue weighted by Crippen LogP contribution is 2.13. The fourth-order valence-corrected chi connectivity index (χ4v) is 2.30. The predicted octanol–water partition coefficient (Wildman–Crippen LogP) is 1.49. The number of nitrogens with one attached hydrogen (secondary N) is 2. The summed E-state index contributed by atoms with van der Waals surface area (Å²) in [4.78, 5) is 26.1. The number of morpholine rings is 1. The van der Waals surface area contributed by atoms with E-state index < -0.39 is 0 Å². The normalized spacial score (nSPS) is 16.0. The van der Waals surface area contributed by atoms with Crippen LogP contribution in [0.1, 0.15) is 30.6 Å². The van der Waals surface area contributed by atoms with E-state index in [-0.39, 0.29) is 18.4 Å². The number of nitrogens with zero attached hydrogens (tertiary/aromatic N) is 1. The van der Waals surface area contributed by atoms with Gasteiger partial charge in [-0.3, -0.25) is 9.59 Å². The molecule has 1 heterocycles. The highest BCUT2D eigenvalue weighted by molar-refractivity contribution is 5.97. The molecule has 6 heteroatoms. The van der Waals surface area contributed by atoms with E-state index in [2.05, 4.69) is 17.6 Å². The maximum atomic E-state index is 12.4. The molecule has 126 valence electrons. The van der Waals surface area contributed by atoms with Crippen LogP contribution in [0.2, 0.25) is 0 Å². The van der Waals surface area contributed by atoms with Crippen molar-refractivity contribution < 1.29 is 14.3 Å². The molecule has 0 bridgehead atoms. The van der Waals surface area contributed by atoms with Crippen LogP contribution in [0.5, 0.6) is 0 Å². The average Bonchev–Trinajstić information content (AvgIpc) is 2.60. The Morgan fingerprint density at radius 3 is 2.74 bits per heavy atom. The number of carbonyl (C=O) groups is 2.